The van der Waals surface area contributed by atoms with Crippen LogP contribution in [-0.2, 0) is 18.3 Å². The van der Waals surface area contributed by atoms with Gasteiger partial charge in [-0.2, -0.15) is 0 Å². The van der Waals surface area contributed by atoms with E-state index < -0.39 is 0 Å². The number of carbonyl (C=O) groups excluding carboxylic acids is 1. The van der Waals surface area contributed by atoms with Crippen LogP contribution in [0, 0.1) is 0 Å². The maximum atomic E-state index is 12.7. The van der Waals surface area contributed by atoms with Crippen LogP contribution in [0.15, 0.2) is 30.5 Å². The number of carbonyl (C=O) groups is 1. The third kappa shape index (κ3) is 2.60. The summed E-state index contributed by atoms with van der Waals surface area (Å²) < 4.78 is 0. The van der Waals surface area contributed by atoms with Gasteiger partial charge in [-0.25, -0.2) is 0 Å². The molecule has 0 aliphatic heterocycles. The molecule has 0 radical (unpaired) electrons. The van der Waals surface area contributed by atoms with Crippen molar-refractivity contribution in [2.24, 2.45) is 0 Å². The Hall–Kier alpha value is -1.67. The van der Waals surface area contributed by atoms with E-state index in [0.29, 0.717) is 10.7 Å². The zero-order valence-corrected chi connectivity index (χ0v) is 13.3. The topological polar surface area (TPSA) is 30.0 Å². The summed E-state index contributed by atoms with van der Waals surface area (Å²) in [6.07, 6.45) is 3.48. The third-order valence-electron chi connectivity index (χ3n) is 4.02. The second-order valence-corrected chi connectivity index (χ2v) is 7.05. The first kappa shape index (κ1) is 14.3. The highest BCUT2D eigenvalue weighted by molar-refractivity contribution is 6.30. The van der Waals surface area contributed by atoms with Crippen molar-refractivity contribution in [3.05, 3.63) is 63.4 Å². The summed E-state index contributed by atoms with van der Waals surface area (Å²) in [5.74, 6) is 0.00891. The van der Waals surface area contributed by atoms with E-state index >= 15 is 0 Å². The van der Waals surface area contributed by atoms with Crippen LogP contribution in [0.4, 0.5) is 0 Å². The monoisotopic (exact) mass is 299 g/mol. The molecule has 3 rings (SSSR count). The van der Waals surface area contributed by atoms with Gasteiger partial charge >= 0.3 is 0 Å². The molecule has 0 N–H and O–H groups in total. The van der Waals surface area contributed by atoms with Crippen molar-refractivity contribution in [1.29, 1.82) is 0 Å². The van der Waals surface area contributed by atoms with E-state index in [1.807, 2.05) is 18.3 Å². The number of hydrogen-bond acceptors (Lipinski definition) is 2. The Morgan fingerprint density at radius 1 is 1.10 bits per heavy atom. The lowest BCUT2D eigenvalue weighted by molar-refractivity contribution is 0.103. The molecule has 0 saturated heterocycles. The Kier molecular flexibility index (Phi) is 3.37. The molecule has 0 fully saturated rings. The van der Waals surface area contributed by atoms with Crippen molar-refractivity contribution < 1.29 is 4.79 Å². The van der Waals surface area contributed by atoms with Crippen LogP contribution >= 0.6 is 11.6 Å². The molecular formula is C18H18ClNO. The maximum absolute atomic E-state index is 12.7. The van der Waals surface area contributed by atoms with Gasteiger partial charge in [-0.3, -0.25) is 9.78 Å². The van der Waals surface area contributed by atoms with Gasteiger partial charge < -0.3 is 0 Å². The molecule has 2 nitrogen and oxygen atoms in total. The van der Waals surface area contributed by atoms with Crippen molar-refractivity contribution in [1.82, 2.24) is 4.98 Å². The lowest BCUT2D eigenvalue weighted by Crippen LogP contribution is -2.14. The molecule has 108 valence electrons. The molecule has 1 heterocycles. The molecule has 2 aromatic rings. The molecule has 21 heavy (non-hydrogen) atoms. The summed E-state index contributed by atoms with van der Waals surface area (Å²) in [6.45, 7) is 6.47. The zero-order chi connectivity index (χ0) is 15.2. The summed E-state index contributed by atoms with van der Waals surface area (Å²) in [7, 11) is 0. The molecule has 0 bridgehead atoms. The number of fused-ring (bicyclic) bond motifs is 2. The second-order valence-electron chi connectivity index (χ2n) is 6.61. The van der Waals surface area contributed by atoms with Gasteiger partial charge in [0.05, 0.1) is 0 Å². The van der Waals surface area contributed by atoms with E-state index in [-0.39, 0.29) is 11.2 Å². The first-order valence-electron chi connectivity index (χ1n) is 7.19. The summed E-state index contributed by atoms with van der Waals surface area (Å²) in [5, 5.41) is 0.677. The smallest absolute Gasteiger partial charge is 0.211 e. The fourth-order valence-electron chi connectivity index (χ4n) is 2.70. The fourth-order valence-corrected chi connectivity index (χ4v) is 2.90. The highest BCUT2D eigenvalue weighted by Gasteiger charge is 2.24. The molecule has 1 aliphatic rings. The van der Waals surface area contributed by atoms with Crippen LogP contribution < -0.4 is 0 Å². The fraction of sp³-hybridized carbons (Fsp3) is 0.333. The number of pyridine rings is 1. The summed E-state index contributed by atoms with van der Waals surface area (Å²) in [6, 6.07) is 7.61. The van der Waals surface area contributed by atoms with Crippen molar-refractivity contribution in [2.75, 3.05) is 0 Å². The van der Waals surface area contributed by atoms with E-state index in [9.17, 15) is 4.79 Å². The average molecular weight is 300 g/mol. The summed E-state index contributed by atoms with van der Waals surface area (Å²) in [4.78, 5) is 17.2. The molecule has 0 saturated carbocycles. The van der Waals surface area contributed by atoms with E-state index in [1.54, 1.807) is 6.07 Å². The predicted molar refractivity (Wildman–Crippen MR) is 85.2 cm³/mol. The summed E-state index contributed by atoms with van der Waals surface area (Å²) >= 11 is 6.05. The quantitative estimate of drug-likeness (QED) is 0.723. The molecule has 0 atom stereocenters. The molecule has 1 aromatic carbocycles. The Morgan fingerprint density at radius 3 is 2.52 bits per heavy atom. The predicted octanol–water partition coefficient (Wildman–Crippen LogP) is 4.36. The minimum absolute atomic E-state index is 0.00891. The Labute approximate surface area is 130 Å². The van der Waals surface area contributed by atoms with Crippen molar-refractivity contribution in [2.45, 2.75) is 39.0 Å². The zero-order valence-electron chi connectivity index (χ0n) is 12.5. The van der Waals surface area contributed by atoms with Gasteiger partial charge in [0.15, 0.2) is 0 Å². The molecular weight excluding hydrogens is 282 g/mol. The lowest BCUT2D eigenvalue weighted by atomic mass is 9.86. The Balaban J connectivity index is 2.11. The van der Waals surface area contributed by atoms with E-state index in [4.69, 9.17) is 11.6 Å². The summed E-state index contributed by atoms with van der Waals surface area (Å²) in [5.41, 5.74) is 4.58. The second kappa shape index (κ2) is 4.96. The van der Waals surface area contributed by atoms with Gasteiger partial charge in [-0.15, -0.1) is 0 Å². The van der Waals surface area contributed by atoms with Crippen molar-refractivity contribution >= 4 is 17.4 Å². The number of hydrogen-bond donors (Lipinski definition) is 0. The lowest BCUT2D eigenvalue weighted by Gasteiger charge is -2.20. The number of halogens is 1. The number of rotatable bonds is 0. The van der Waals surface area contributed by atoms with Crippen LogP contribution in [0.25, 0.3) is 0 Å². The number of benzene rings is 1. The first-order valence-corrected chi connectivity index (χ1v) is 7.56. The van der Waals surface area contributed by atoms with Crippen LogP contribution in [0.1, 0.15) is 53.5 Å². The Morgan fingerprint density at radius 2 is 1.81 bits per heavy atom. The van der Waals surface area contributed by atoms with Gasteiger partial charge in [0.2, 0.25) is 5.78 Å². The molecule has 0 amide bonds. The largest absolute Gasteiger partial charge is 0.287 e. The van der Waals surface area contributed by atoms with Gasteiger partial charge in [0.25, 0.3) is 0 Å². The standard InChI is InChI=1S/C18H18ClNO/c1-18(2,3)13-8-12-5-4-11-9-14(19)6-7-15(11)17(21)16(12)20-10-13/h6-10H,4-5H2,1-3H3. The number of nitrogens with zero attached hydrogens (tertiary/aromatic N) is 1. The maximum Gasteiger partial charge on any atom is 0.211 e. The normalized spacial score (nSPS) is 14.4. The van der Waals surface area contributed by atoms with Gasteiger partial charge in [0, 0.05) is 16.8 Å². The van der Waals surface area contributed by atoms with Crippen LogP contribution in [0.2, 0.25) is 5.02 Å². The van der Waals surface area contributed by atoms with Crippen molar-refractivity contribution in [3.63, 3.8) is 0 Å². The molecule has 0 spiro atoms. The van der Waals surface area contributed by atoms with Crippen LogP contribution in [-0.4, -0.2) is 10.8 Å². The van der Waals surface area contributed by atoms with E-state index in [1.165, 1.54) is 0 Å². The van der Waals surface area contributed by atoms with Crippen LogP contribution in [0.5, 0.6) is 0 Å². The minimum Gasteiger partial charge on any atom is -0.287 e. The highest BCUT2D eigenvalue weighted by Crippen LogP contribution is 2.29. The highest BCUT2D eigenvalue weighted by atomic mass is 35.5. The third-order valence-corrected chi connectivity index (χ3v) is 4.26. The minimum atomic E-state index is 0.00891. The molecule has 1 aliphatic carbocycles. The molecule has 0 unspecified atom stereocenters. The van der Waals surface area contributed by atoms with Gasteiger partial charge in [0.1, 0.15) is 5.69 Å². The van der Waals surface area contributed by atoms with Crippen molar-refractivity contribution in [3.8, 4) is 0 Å². The Bertz CT molecular complexity index is 728. The average Bonchev–Trinajstić information content (AvgIpc) is 2.55. The van der Waals surface area contributed by atoms with Crippen LogP contribution in [0.3, 0.4) is 0 Å². The molecule has 3 heteroatoms. The van der Waals surface area contributed by atoms with Gasteiger partial charge in [-0.1, -0.05) is 38.4 Å². The SMILES string of the molecule is CC(C)(C)c1cnc2c(c1)CCc1cc(Cl)ccc1C2=O. The van der Waals surface area contributed by atoms with E-state index in [2.05, 4.69) is 31.8 Å². The first-order chi connectivity index (χ1) is 9.86. The number of ketones is 1. The molecule has 1 aromatic heterocycles. The van der Waals surface area contributed by atoms with Gasteiger partial charge in [-0.05, 0) is 53.1 Å². The number of aromatic nitrogens is 1. The van der Waals surface area contributed by atoms with E-state index in [0.717, 1.165) is 35.1 Å². The number of aryl methyl sites for hydroxylation is 2.